The summed E-state index contributed by atoms with van der Waals surface area (Å²) in [5.41, 5.74) is 1.33. The van der Waals surface area contributed by atoms with Gasteiger partial charge in [-0.05, 0) is 83.9 Å². The molecule has 0 spiro atoms. The monoisotopic (exact) mass is 504 g/mol. The van der Waals surface area contributed by atoms with Crippen LogP contribution < -0.4 is 5.32 Å². The number of alkyl carbamates (subject to hydrolysis) is 1. The van der Waals surface area contributed by atoms with E-state index in [0.717, 1.165) is 35.9 Å². The Morgan fingerprint density at radius 1 is 1.18 bits per heavy atom. The van der Waals surface area contributed by atoms with Gasteiger partial charge in [0.05, 0.1) is 5.39 Å². The maximum Gasteiger partial charge on any atom is 0.407 e. The summed E-state index contributed by atoms with van der Waals surface area (Å²) in [6.45, 7) is 14.8. The third kappa shape index (κ3) is 10.0. The maximum atomic E-state index is 11.8. The summed E-state index contributed by atoms with van der Waals surface area (Å²) in [6, 6.07) is 0.304. The Labute approximate surface area is 206 Å². The third-order valence-corrected chi connectivity index (χ3v) is 5.07. The number of hydrogen-bond acceptors (Lipinski definition) is 6. The minimum absolute atomic E-state index is 0.156. The van der Waals surface area contributed by atoms with Crippen molar-refractivity contribution in [3.05, 3.63) is 22.2 Å². The van der Waals surface area contributed by atoms with Crippen LogP contribution in [0, 0.1) is 12.8 Å². The van der Waals surface area contributed by atoms with Gasteiger partial charge < -0.3 is 24.8 Å². The Morgan fingerprint density at radius 3 is 2.30 bits per heavy atom. The number of nitrogens with zero attached hydrogens (tertiary/aromatic N) is 3. The fourth-order valence-corrected chi connectivity index (χ4v) is 4.09. The van der Waals surface area contributed by atoms with Gasteiger partial charge in [-0.25, -0.2) is 9.78 Å². The Balaban J connectivity index is 0.000000689. The van der Waals surface area contributed by atoms with E-state index in [1.165, 1.54) is 13.8 Å². The summed E-state index contributed by atoms with van der Waals surface area (Å²) >= 11 is 12.2. The van der Waals surface area contributed by atoms with E-state index >= 15 is 0 Å². The normalized spacial score (nSPS) is 18.2. The van der Waals surface area contributed by atoms with Gasteiger partial charge in [0, 0.05) is 18.8 Å². The lowest BCUT2D eigenvalue weighted by Crippen LogP contribution is -2.34. The van der Waals surface area contributed by atoms with Gasteiger partial charge in [0.25, 0.3) is 0 Å². The van der Waals surface area contributed by atoms with E-state index in [0.29, 0.717) is 23.7 Å². The number of nitrogens with one attached hydrogen (secondary N) is 1. The van der Waals surface area contributed by atoms with E-state index in [1.807, 2.05) is 41.5 Å². The summed E-state index contributed by atoms with van der Waals surface area (Å²) < 4.78 is 7.45. The van der Waals surface area contributed by atoms with E-state index < -0.39 is 11.4 Å². The van der Waals surface area contributed by atoms with E-state index in [1.54, 1.807) is 0 Å². The van der Waals surface area contributed by atoms with Crippen LogP contribution in [0.2, 0.25) is 10.4 Å². The first-order valence-electron chi connectivity index (χ1n) is 11.3. The molecule has 10 heteroatoms. The molecule has 1 amide bonds. The van der Waals surface area contributed by atoms with Crippen molar-refractivity contribution in [1.82, 2.24) is 19.9 Å². The number of aryl methyl sites for hydroxylation is 1. The molecule has 3 rings (SSSR count). The highest BCUT2D eigenvalue weighted by atomic mass is 35.5. The molecule has 0 saturated heterocycles. The summed E-state index contributed by atoms with van der Waals surface area (Å²) in [4.78, 5) is 20.3. The molecule has 2 aromatic heterocycles. The number of carbonyl (C=O) groups is 1. The highest BCUT2D eigenvalue weighted by Crippen LogP contribution is 2.38. The van der Waals surface area contributed by atoms with Crippen molar-refractivity contribution in [3.63, 3.8) is 0 Å². The number of hydrogen-bond donors (Lipinski definition) is 3. The molecule has 2 unspecified atom stereocenters. The fourth-order valence-electron chi connectivity index (χ4n) is 3.56. The molecule has 8 nitrogen and oxygen atoms in total. The highest BCUT2D eigenvalue weighted by molar-refractivity contribution is 6.35. The Bertz CT molecular complexity index is 914. The molecule has 2 aromatic rings. The standard InChI is InChI=1S/C18H24Cl2N4O2.C3H8O2.C2H6/c1-10-9-24(15-13(10)14(19)22-16(20)23-15)12-6-5-11(7-12)8-21-17(25)26-18(2,3)4;1-3(2,4)5;1-2/h9,11-12H,5-8H2,1-4H3,(H,21,25);4-5H,1-2H3;1-2H3. The predicted molar refractivity (Wildman–Crippen MR) is 133 cm³/mol. The summed E-state index contributed by atoms with van der Waals surface area (Å²) in [6.07, 6.45) is 4.71. The Kier molecular flexibility index (Phi) is 10.9. The number of fused-ring (bicyclic) bond motifs is 1. The molecule has 1 fully saturated rings. The zero-order valence-corrected chi connectivity index (χ0v) is 22.4. The fraction of sp³-hybridized carbons (Fsp3) is 0.696. The lowest BCUT2D eigenvalue weighted by Gasteiger charge is -2.20. The zero-order chi connectivity index (χ0) is 25.6. The van der Waals surface area contributed by atoms with Gasteiger partial charge >= 0.3 is 6.09 Å². The second kappa shape index (κ2) is 12.2. The van der Waals surface area contributed by atoms with Crippen molar-refractivity contribution in [2.45, 2.75) is 92.1 Å². The van der Waals surface area contributed by atoms with Gasteiger partial charge in [-0.3, -0.25) is 0 Å². The summed E-state index contributed by atoms with van der Waals surface area (Å²) in [5, 5.41) is 20.4. The van der Waals surface area contributed by atoms with Crippen LogP contribution >= 0.6 is 23.2 Å². The minimum atomic E-state index is -1.50. The van der Waals surface area contributed by atoms with Crippen LogP contribution in [0.25, 0.3) is 11.0 Å². The summed E-state index contributed by atoms with van der Waals surface area (Å²) in [5.74, 6) is -1.10. The lowest BCUT2D eigenvalue weighted by atomic mass is 10.1. The van der Waals surface area contributed by atoms with Gasteiger partial charge in [0.15, 0.2) is 5.79 Å². The molecule has 2 atom stereocenters. The molecule has 0 radical (unpaired) electrons. The van der Waals surface area contributed by atoms with Crippen LogP contribution in [0.1, 0.15) is 79.3 Å². The molecule has 0 aromatic carbocycles. The molecule has 0 bridgehead atoms. The molecule has 3 N–H and O–H groups in total. The Morgan fingerprint density at radius 2 is 1.76 bits per heavy atom. The van der Waals surface area contributed by atoms with Crippen LogP contribution in [0.3, 0.4) is 0 Å². The van der Waals surface area contributed by atoms with Crippen molar-refractivity contribution in [3.8, 4) is 0 Å². The number of ether oxygens (including phenoxy) is 1. The van der Waals surface area contributed by atoms with Crippen molar-refractivity contribution in [2.24, 2.45) is 5.92 Å². The topological polar surface area (TPSA) is 110 Å². The highest BCUT2D eigenvalue weighted by Gasteiger charge is 2.29. The van der Waals surface area contributed by atoms with Gasteiger partial charge in [0.1, 0.15) is 16.4 Å². The quantitative estimate of drug-likeness (QED) is 0.283. The second-order valence-electron chi connectivity index (χ2n) is 9.41. The first kappa shape index (κ1) is 29.4. The van der Waals surface area contributed by atoms with Gasteiger partial charge in [-0.1, -0.05) is 25.4 Å². The van der Waals surface area contributed by atoms with Gasteiger partial charge in [0.2, 0.25) is 5.28 Å². The zero-order valence-electron chi connectivity index (χ0n) is 20.9. The number of aliphatic hydroxyl groups is 2. The second-order valence-corrected chi connectivity index (χ2v) is 10.1. The van der Waals surface area contributed by atoms with E-state index in [9.17, 15) is 4.79 Å². The molecule has 1 aliphatic rings. The first-order chi connectivity index (χ1) is 15.1. The molecule has 1 saturated carbocycles. The maximum absolute atomic E-state index is 11.8. The largest absolute Gasteiger partial charge is 0.444 e. The van der Waals surface area contributed by atoms with Crippen LogP contribution in [-0.4, -0.2) is 48.8 Å². The van der Waals surface area contributed by atoms with Crippen LogP contribution in [0.5, 0.6) is 0 Å². The molecular formula is C23H38Cl2N4O4. The van der Waals surface area contributed by atoms with Crippen LogP contribution in [0.4, 0.5) is 4.79 Å². The molecular weight excluding hydrogens is 467 g/mol. The number of rotatable bonds is 3. The summed E-state index contributed by atoms with van der Waals surface area (Å²) in [7, 11) is 0. The van der Waals surface area contributed by atoms with E-state index in [4.69, 9.17) is 38.2 Å². The number of halogens is 2. The number of amides is 1. The SMILES string of the molecule is CC.CC(C)(O)O.Cc1cn(C2CCC(CNC(=O)OC(C)(C)C)C2)c2nc(Cl)nc(Cl)c12. The lowest BCUT2D eigenvalue weighted by molar-refractivity contribution is -0.127. The Hall–Kier alpha value is -1.61. The van der Waals surface area contributed by atoms with Gasteiger partial charge in [-0.15, -0.1) is 0 Å². The smallest absolute Gasteiger partial charge is 0.407 e. The number of aromatic nitrogens is 3. The van der Waals surface area contributed by atoms with Crippen molar-refractivity contribution < 1.29 is 19.7 Å². The average Bonchev–Trinajstić information content (AvgIpc) is 3.23. The molecule has 33 heavy (non-hydrogen) atoms. The van der Waals surface area contributed by atoms with E-state index in [-0.39, 0.29) is 11.4 Å². The molecule has 0 aliphatic heterocycles. The van der Waals surface area contributed by atoms with Crippen LogP contribution in [0.15, 0.2) is 6.20 Å². The van der Waals surface area contributed by atoms with Crippen molar-refractivity contribution in [2.75, 3.05) is 6.54 Å². The molecule has 188 valence electrons. The molecule has 1 aliphatic carbocycles. The minimum Gasteiger partial charge on any atom is -0.444 e. The molecule has 2 heterocycles. The van der Waals surface area contributed by atoms with Crippen molar-refractivity contribution in [1.29, 1.82) is 0 Å². The predicted octanol–water partition coefficient (Wildman–Crippen LogP) is 5.65. The third-order valence-electron chi connectivity index (χ3n) is 4.63. The van der Waals surface area contributed by atoms with E-state index in [2.05, 4.69) is 26.0 Å². The average molecular weight is 505 g/mol. The van der Waals surface area contributed by atoms with Crippen LogP contribution in [-0.2, 0) is 4.74 Å². The van der Waals surface area contributed by atoms with Gasteiger partial charge in [-0.2, -0.15) is 4.98 Å². The van der Waals surface area contributed by atoms with Crippen molar-refractivity contribution >= 4 is 40.3 Å². The first-order valence-corrected chi connectivity index (χ1v) is 12.0. The number of carbonyl (C=O) groups excluding carboxylic acids is 1.